The van der Waals surface area contributed by atoms with E-state index in [1.807, 2.05) is 18.2 Å². The van der Waals surface area contributed by atoms with Crippen LogP contribution in [0.4, 0.5) is 0 Å². The van der Waals surface area contributed by atoms with Gasteiger partial charge >= 0.3 is 0 Å². The molecule has 2 aromatic carbocycles. The summed E-state index contributed by atoms with van der Waals surface area (Å²) in [5, 5.41) is 1.33. The van der Waals surface area contributed by atoms with Crippen LogP contribution in [-0.2, 0) is 11.3 Å². The van der Waals surface area contributed by atoms with Crippen LogP contribution in [-0.4, -0.2) is 24.5 Å². The molecule has 1 heterocycles. The highest BCUT2D eigenvalue weighted by molar-refractivity contribution is 6.35. The zero-order chi connectivity index (χ0) is 18.5. The fourth-order valence-corrected chi connectivity index (χ4v) is 4.30. The standard InChI is InChI=1S/C22H27Cl2NO/c1-16-8-6-9-17(2)22(16)21(14-25-12-4-3-5-13-25)26-15-18-19(23)10-7-11-20(18)24/h6-11,21H,3-5,12-15H2,1-2H3. The maximum Gasteiger partial charge on any atom is 0.0961 e. The molecule has 2 aromatic rings. The largest absolute Gasteiger partial charge is 0.367 e. The van der Waals surface area contributed by atoms with Crippen molar-refractivity contribution in [2.75, 3.05) is 19.6 Å². The summed E-state index contributed by atoms with van der Waals surface area (Å²) in [6, 6.07) is 12.0. The number of halogens is 2. The Morgan fingerprint density at radius 3 is 2.12 bits per heavy atom. The molecule has 0 spiro atoms. The summed E-state index contributed by atoms with van der Waals surface area (Å²) >= 11 is 12.7. The van der Waals surface area contributed by atoms with Gasteiger partial charge in [0.05, 0.1) is 12.7 Å². The lowest BCUT2D eigenvalue weighted by Gasteiger charge is -2.32. The maximum absolute atomic E-state index is 6.43. The third-order valence-electron chi connectivity index (χ3n) is 5.23. The third kappa shape index (κ3) is 4.80. The average Bonchev–Trinajstić information content (AvgIpc) is 2.61. The lowest BCUT2D eigenvalue weighted by Crippen LogP contribution is -2.34. The maximum atomic E-state index is 6.43. The monoisotopic (exact) mass is 391 g/mol. The Balaban J connectivity index is 1.82. The van der Waals surface area contributed by atoms with Gasteiger partial charge < -0.3 is 9.64 Å². The summed E-state index contributed by atoms with van der Waals surface area (Å²) < 4.78 is 6.43. The third-order valence-corrected chi connectivity index (χ3v) is 5.94. The molecule has 0 saturated carbocycles. The van der Waals surface area contributed by atoms with Crippen molar-refractivity contribution in [2.45, 2.75) is 45.8 Å². The summed E-state index contributed by atoms with van der Waals surface area (Å²) in [5.74, 6) is 0. The number of rotatable bonds is 6. The topological polar surface area (TPSA) is 12.5 Å². The molecular weight excluding hydrogens is 365 g/mol. The van der Waals surface area contributed by atoms with E-state index >= 15 is 0 Å². The number of benzene rings is 2. The summed E-state index contributed by atoms with van der Waals surface area (Å²) in [5.41, 5.74) is 4.71. The molecule has 1 unspecified atom stereocenters. The van der Waals surface area contributed by atoms with Gasteiger partial charge in [-0.3, -0.25) is 0 Å². The van der Waals surface area contributed by atoms with E-state index in [1.165, 1.54) is 36.0 Å². The molecule has 140 valence electrons. The van der Waals surface area contributed by atoms with E-state index in [0.29, 0.717) is 16.7 Å². The molecule has 1 atom stereocenters. The lowest BCUT2D eigenvalue weighted by molar-refractivity contribution is 0.00937. The Hall–Kier alpha value is -1.06. The highest BCUT2D eigenvalue weighted by atomic mass is 35.5. The summed E-state index contributed by atoms with van der Waals surface area (Å²) in [7, 11) is 0. The minimum absolute atomic E-state index is 0.0154. The average molecular weight is 392 g/mol. The predicted octanol–water partition coefficient (Wildman–Crippen LogP) is 6.35. The number of aryl methyl sites for hydroxylation is 2. The van der Waals surface area contributed by atoms with Crippen LogP contribution in [0.3, 0.4) is 0 Å². The van der Waals surface area contributed by atoms with Crippen molar-refractivity contribution in [1.82, 2.24) is 4.90 Å². The van der Waals surface area contributed by atoms with Gasteiger partial charge in [-0.25, -0.2) is 0 Å². The van der Waals surface area contributed by atoms with E-state index in [-0.39, 0.29) is 6.10 Å². The second-order valence-electron chi connectivity index (χ2n) is 7.17. The van der Waals surface area contributed by atoms with Crippen LogP contribution in [0.15, 0.2) is 36.4 Å². The van der Waals surface area contributed by atoms with Crippen LogP contribution in [0.25, 0.3) is 0 Å². The number of hydrogen-bond acceptors (Lipinski definition) is 2. The first-order chi connectivity index (χ1) is 12.6. The predicted molar refractivity (Wildman–Crippen MR) is 110 cm³/mol. The Morgan fingerprint density at radius 2 is 1.50 bits per heavy atom. The quantitative estimate of drug-likeness (QED) is 0.568. The summed E-state index contributed by atoms with van der Waals surface area (Å²) in [6.07, 6.45) is 3.90. The number of hydrogen-bond donors (Lipinski definition) is 0. The fraction of sp³-hybridized carbons (Fsp3) is 0.455. The summed E-state index contributed by atoms with van der Waals surface area (Å²) in [6.45, 7) is 7.96. The Bertz CT molecular complexity index is 700. The first-order valence-corrected chi connectivity index (χ1v) is 10.1. The van der Waals surface area contributed by atoms with Gasteiger partial charge in [0.2, 0.25) is 0 Å². The number of nitrogens with zero attached hydrogens (tertiary/aromatic N) is 1. The van der Waals surface area contributed by atoms with Gasteiger partial charge in [-0.05, 0) is 68.6 Å². The molecule has 1 aliphatic rings. The van der Waals surface area contributed by atoms with E-state index in [9.17, 15) is 0 Å². The van der Waals surface area contributed by atoms with Crippen molar-refractivity contribution in [3.8, 4) is 0 Å². The normalized spacial score (nSPS) is 16.6. The molecule has 0 N–H and O–H groups in total. The number of piperidine rings is 1. The minimum Gasteiger partial charge on any atom is -0.367 e. The SMILES string of the molecule is Cc1cccc(C)c1C(CN1CCCCC1)OCc1c(Cl)cccc1Cl. The van der Waals surface area contributed by atoms with Crippen molar-refractivity contribution in [3.05, 3.63) is 68.7 Å². The molecule has 26 heavy (non-hydrogen) atoms. The molecule has 1 saturated heterocycles. The Labute approximate surface area is 167 Å². The molecule has 1 aliphatic heterocycles. The molecule has 0 aromatic heterocycles. The van der Waals surface area contributed by atoms with Gasteiger partial charge in [0.15, 0.2) is 0 Å². The van der Waals surface area contributed by atoms with E-state index in [4.69, 9.17) is 27.9 Å². The van der Waals surface area contributed by atoms with Crippen molar-refractivity contribution >= 4 is 23.2 Å². The van der Waals surface area contributed by atoms with Gasteiger partial charge in [0, 0.05) is 22.2 Å². The van der Waals surface area contributed by atoms with E-state index in [1.54, 1.807) is 0 Å². The van der Waals surface area contributed by atoms with Crippen LogP contribution in [0.5, 0.6) is 0 Å². The van der Waals surface area contributed by atoms with Crippen LogP contribution in [0, 0.1) is 13.8 Å². The zero-order valence-corrected chi connectivity index (χ0v) is 17.1. The number of ether oxygens (including phenoxy) is 1. The smallest absolute Gasteiger partial charge is 0.0961 e. The van der Waals surface area contributed by atoms with Crippen molar-refractivity contribution in [2.24, 2.45) is 0 Å². The van der Waals surface area contributed by atoms with Gasteiger partial charge in [-0.1, -0.05) is 53.9 Å². The molecule has 0 aliphatic carbocycles. The molecular formula is C22H27Cl2NO. The van der Waals surface area contributed by atoms with Crippen LogP contribution >= 0.6 is 23.2 Å². The van der Waals surface area contributed by atoms with Crippen molar-refractivity contribution in [1.29, 1.82) is 0 Å². The second-order valence-corrected chi connectivity index (χ2v) is 7.98. The number of likely N-dealkylation sites (tertiary alicyclic amines) is 1. The second kappa shape index (κ2) is 9.23. The zero-order valence-electron chi connectivity index (χ0n) is 15.6. The molecule has 0 radical (unpaired) electrons. The highest BCUT2D eigenvalue weighted by Gasteiger charge is 2.22. The molecule has 0 bridgehead atoms. The molecule has 4 heteroatoms. The summed E-state index contributed by atoms with van der Waals surface area (Å²) in [4.78, 5) is 2.52. The Kier molecular flexibility index (Phi) is 6.99. The molecule has 0 amide bonds. The fourth-order valence-electron chi connectivity index (χ4n) is 3.79. The van der Waals surface area contributed by atoms with Gasteiger partial charge in [0.25, 0.3) is 0 Å². The van der Waals surface area contributed by atoms with E-state index in [0.717, 1.165) is 25.2 Å². The lowest BCUT2D eigenvalue weighted by atomic mass is 9.97. The first kappa shape index (κ1) is 19.7. The molecule has 2 nitrogen and oxygen atoms in total. The minimum atomic E-state index is 0.0154. The Morgan fingerprint density at radius 1 is 0.923 bits per heavy atom. The van der Waals surface area contributed by atoms with Gasteiger partial charge in [-0.15, -0.1) is 0 Å². The van der Waals surface area contributed by atoms with Crippen LogP contribution in [0.2, 0.25) is 10.0 Å². The molecule has 1 fully saturated rings. The van der Waals surface area contributed by atoms with E-state index < -0.39 is 0 Å². The first-order valence-electron chi connectivity index (χ1n) is 9.39. The van der Waals surface area contributed by atoms with E-state index in [2.05, 4.69) is 36.9 Å². The molecule has 3 rings (SSSR count). The van der Waals surface area contributed by atoms with Gasteiger partial charge in [-0.2, -0.15) is 0 Å². The van der Waals surface area contributed by atoms with Crippen LogP contribution in [0.1, 0.15) is 47.6 Å². The highest BCUT2D eigenvalue weighted by Crippen LogP contribution is 2.31. The van der Waals surface area contributed by atoms with Gasteiger partial charge in [0.1, 0.15) is 0 Å². The van der Waals surface area contributed by atoms with Crippen molar-refractivity contribution < 1.29 is 4.74 Å². The van der Waals surface area contributed by atoms with Crippen molar-refractivity contribution in [3.63, 3.8) is 0 Å². The van der Waals surface area contributed by atoms with Crippen LogP contribution < -0.4 is 0 Å².